The van der Waals surface area contributed by atoms with Crippen LogP contribution in [0.2, 0.25) is 0 Å². The van der Waals surface area contributed by atoms with E-state index in [2.05, 4.69) is 41.3 Å². The standard InChI is InChI=1S/C25H20Br2N2O4S2/c26-20-5-13-24(14-6-20)34(30,31)28-22-9-1-18(2-10-22)17-19-3-11-23(12-4-19)29-35(32,33)25-15-7-21(27)8-16-25/h1-16,28-29H,17H2. The summed E-state index contributed by atoms with van der Waals surface area (Å²) >= 11 is 6.59. The van der Waals surface area contributed by atoms with Gasteiger partial charge in [0.1, 0.15) is 0 Å². The maximum Gasteiger partial charge on any atom is 0.261 e. The van der Waals surface area contributed by atoms with Crippen molar-refractivity contribution in [2.45, 2.75) is 16.2 Å². The third-order valence-electron chi connectivity index (χ3n) is 5.07. The van der Waals surface area contributed by atoms with E-state index in [1.54, 1.807) is 48.5 Å². The highest BCUT2D eigenvalue weighted by atomic mass is 79.9. The molecule has 6 nitrogen and oxygen atoms in total. The van der Waals surface area contributed by atoms with E-state index in [-0.39, 0.29) is 9.79 Å². The second kappa shape index (κ2) is 10.5. The average molecular weight is 636 g/mol. The molecule has 10 heteroatoms. The summed E-state index contributed by atoms with van der Waals surface area (Å²) in [5.41, 5.74) is 2.91. The molecule has 0 spiro atoms. The van der Waals surface area contributed by atoms with Crippen molar-refractivity contribution in [3.05, 3.63) is 117 Å². The second-order valence-electron chi connectivity index (χ2n) is 7.69. The molecule has 2 N–H and O–H groups in total. The molecular weight excluding hydrogens is 616 g/mol. The van der Waals surface area contributed by atoms with Crippen LogP contribution in [0.25, 0.3) is 0 Å². The lowest BCUT2D eigenvalue weighted by atomic mass is 10.0. The molecule has 0 saturated heterocycles. The molecule has 4 aromatic carbocycles. The normalized spacial score (nSPS) is 11.7. The van der Waals surface area contributed by atoms with Gasteiger partial charge >= 0.3 is 0 Å². The number of rotatable bonds is 8. The number of benzene rings is 4. The summed E-state index contributed by atoms with van der Waals surface area (Å²) in [6, 6.07) is 27.1. The summed E-state index contributed by atoms with van der Waals surface area (Å²) in [5, 5.41) is 0. The monoisotopic (exact) mass is 634 g/mol. The molecule has 35 heavy (non-hydrogen) atoms. The first-order valence-electron chi connectivity index (χ1n) is 10.4. The Morgan fingerprint density at radius 1 is 0.486 bits per heavy atom. The Balaban J connectivity index is 1.39. The van der Waals surface area contributed by atoms with Gasteiger partial charge in [0, 0.05) is 20.3 Å². The molecule has 0 radical (unpaired) electrons. The van der Waals surface area contributed by atoms with E-state index in [0.717, 1.165) is 20.1 Å². The van der Waals surface area contributed by atoms with Crippen LogP contribution in [0.3, 0.4) is 0 Å². The van der Waals surface area contributed by atoms with Gasteiger partial charge in [-0.1, -0.05) is 56.1 Å². The number of halogens is 2. The SMILES string of the molecule is O=S(=O)(Nc1ccc(Cc2ccc(NS(=O)(=O)c3ccc(Br)cc3)cc2)cc1)c1ccc(Br)cc1. The maximum atomic E-state index is 12.5. The number of hydrogen-bond acceptors (Lipinski definition) is 4. The fourth-order valence-corrected chi connectivity index (χ4v) is 5.92. The van der Waals surface area contributed by atoms with Crippen LogP contribution in [-0.2, 0) is 26.5 Å². The van der Waals surface area contributed by atoms with Crippen molar-refractivity contribution in [1.29, 1.82) is 0 Å². The molecule has 0 fully saturated rings. The zero-order valence-corrected chi connectivity index (χ0v) is 23.0. The van der Waals surface area contributed by atoms with Gasteiger partial charge in [-0.15, -0.1) is 0 Å². The van der Waals surface area contributed by atoms with Gasteiger partial charge in [-0.25, -0.2) is 16.8 Å². The Morgan fingerprint density at radius 2 is 0.800 bits per heavy atom. The Kier molecular flexibility index (Phi) is 7.65. The minimum atomic E-state index is -3.67. The summed E-state index contributed by atoms with van der Waals surface area (Å²) in [6.07, 6.45) is 0.611. The molecule has 180 valence electrons. The Bertz CT molecular complexity index is 1400. The highest BCUT2D eigenvalue weighted by Crippen LogP contribution is 2.22. The minimum Gasteiger partial charge on any atom is -0.280 e. The highest BCUT2D eigenvalue weighted by Gasteiger charge is 2.15. The summed E-state index contributed by atoms with van der Waals surface area (Å²) in [5.74, 6) is 0. The first-order valence-corrected chi connectivity index (χ1v) is 14.9. The van der Waals surface area contributed by atoms with Crippen LogP contribution in [0.1, 0.15) is 11.1 Å². The molecule has 0 heterocycles. The quantitative estimate of drug-likeness (QED) is 0.234. The summed E-state index contributed by atoms with van der Waals surface area (Å²) < 4.78 is 57.0. The van der Waals surface area contributed by atoms with Gasteiger partial charge in [-0.3, -0.25) is 9.44 Å². The smallest absolute Gasteiger partial charge is 0.261 e. The van der Waals surface area contributed by atoms with E-state index >= 15 is 0 Å². The van der Waals surface area contributed by atoms with Crippen molar-refractivity contribution in [1.82, 2.24) is 0 Å². The van der Waals surface area contributed by atoms with Gasteiger partial charge in [0.15, 0.2) is 0 Å². The van der Waals surface area contributed by atoms with Crippen molar-refractivity contribution >= 4 is 63.3 Å². The average Bonchev–Trinajstić information content (AvgIpc) is 2.82. The fourth-order valence-electron chi connectivity index (χ4n) is 3.27. The van der Waals surface area contributed by atoms with Crippen LogP contribution in [-0.4, -0.2) is 16.8 Å². The molecule has 0 aliphatic rings. The molecule has 0 atom stereocenters. The fraction of sp³-hybridized carbons (Fsp3) is 0.0400. The first kappa shape index (κ1) is 25.4. The van der Waals surface area contributed by atoms with Crippen LogP contribution in [0.5, 0.6) is 0 Å². The number of anilines is 2. The number of nitrogens with one attached hydrogen (secondary N) is 2. The van der Waals surface area contributed by atoms with E-state index < -0.39 is 20.0 Å². The van der Waals surface area contributed by atoms with E-state index in [1.807, 2.05) is 24.3 Å². The molecule has 0 saturated carbocycles. The van der Waals surface area contributed by atoms with Crippen molar-refractivity contribution in [2.75, 3.05) is 9.44 Å². The van der Waals surface area contributed by atoms with E-state index in [4.69, 9.17) is 0 Å². The second-order valence-corrected chi connectivity index (χ2v) is 12.9. The van der Waals surface area contributed by atoms with Crippen LogP contribution < -0.4 is 9.44 Å². The zero-order valence-electron chi connectivity index (χ0n) is 18.2. The van der Waals surface area contributed by atoms with Gasteiger partial charge in [-0.2, -0.15) is 0 Å². The van der Waals surface area contributed by atoms with E-state index in [9.17, 15) is 16.8 Å². The zero-order chi connectivity index (χ0) is 25.1. The minimum absolute atomic E-state index is 0.181. The van der Waals surface area contributed by atoms with Crippen molar-refractivity contribution in [3.63, 3.8) is 0 Å². The van der Waals surface area contributed by atoms with Crippen molar-refractivity contribution < 1.29 is 16.8 Å². The predicted molar refractivity (Wildman–Crippen MR) is 146 cm³/mol. The van der Waals surface area contributed by atoms with Gasteiger partial charge in [-0.05, 0) is 90.3 Å². The van der Waals surface area contributed by atoms with E-state index in [0.29, 0.717) is 17.8 Å². The lowest BCUT2D eigenvalue weighted by Crippen LogP contribution is -2.12. The van der Waals surface area contributed by atoms with Gasteiger partial charge in [0.05, 0.1) is 9.79 Å². The van der Waals surface area contributed by atoms with E-state index in [1.165, 1.54) is 24.3 Å². The maximum absolute atomic E-state index is 12.5. The topological polar surface area (TPSA) is 92.3 Å². The molecule has 4 aromatic rings. The summed E-state index contributed by atoms with van der Waals surface area (Å²) in [7, 11) is -7.35. The lowest BCUT2D eigenvalue weighted by Gasteiger charge is -2.10. The molecule has 0 unspecified atom stereocenters. The van der Waals surface area contributed by atoms with Crippen LogP contribution >= 0.6 is 31.9 Å². The molecule has 4 rings (SSSR count). The van der Waals surface area contributed by atoms with Crippen LogP contribution in [0.15, 0.2) is 116 Å². The van der Waals surface area contributed by atoms with Crippen molar-refractivity contribution in [3.8, 4) is 0 Å². The Labute approximate surface area is 221 Å². The van der Waals surface area contributed by atoms with Crippen molar-refractivity contribution in [2.24, 2.45) is 0 Å². The third kappa shape index (κ3) is 6.72. The number of hydrogen-bond donors (Lipinski definition) is 2. The Morgan fingerprint density at radius 3 is 1.11 bits per heavy atom. The largest absolute Gasteiger partial charge is 0.280 e. The van der Waals surface area contributed by atoms with Crippen LogP contribution in [0.4, 0.5) is 11.4 Å². The molecule has 0 bridgehead atoms. The molecular formula is C25H20Br2N2O4S2. The molecule has 0 aliphatic heterocycles. The molecule has 0 amide bonds. The molecule has 0 aliphatic carbocycles. The lowest BCUT2D eigenvalue weighted by molar-refractivity contribution is 0.599. The predicted octanol–water partition coefficient (Wildman–Crippen LogP) is 6.40. The highest BCUT2D eigenvalue weighted by molar-refractivity contribution is 9.10. The first-order chi connectivity index (χ1) is 16.6. The number of sulfonamides is 2. The Hall–Kier alpha value is -2.66. The molecule has 0 aromatic heterocycles. The summed E-state index contributed by atoms with van der Waals surface area (Å²) in [4.78, 5) is 0.362. The van der Waals surface area contributed by atoms with Gasteiger partial charge in [0.25, 0.3) is 20.0 Å². The van der Waals surface area contributed by atoms with Crippen LogP contribution in [0, 0.1) is 0 Å². The van der Waals surface area contributed by atoms with Gasteiger partial charge in [0.2, 0.25) is 0 Å². The summed E-state index contributed by atoms with van der Waals surface area (Å²) in [6.45, 7) is 0. The van der Waals surface area contributed by atoms with Gasteiger partial charge < -0.3 is 0 Å². The third-order valence-corrected chi connectivity index (χ3v) is 8.92.